The number of terminal acetylenes is 1. The Balaban J connectivity index is 0.00000279. The van der Waals surface area contributed by atoms with Crippen molar-refractivity contribution in [2.75, 3.05) is 0 Å². The third kappa shape index (κ3) is 10.2. The number of benzene rings is 5. The average Bonchev–Trinajstić information content (AvgIpc) is 3.29. The molecule has 0 amide bonds. The quantitative estimate of drug-likeness (QED) is 0.0769. The van der Waals surface area contributed by atoms with Crippen LogP contribution in [0.4, 0.5) is 0 Å². The summed E-state index contributed by atoms with van der Waals surface area (Å²) in [4.78, 5) is 15.5. The Kier molecular flexibility index (Phi) is 14.1. The Bertz CT molecular complexity index is 2510. The summed E-state index contributed by atoms with van der Waals surface area (Å²) in [5.41, 5.74) is 22.1. The zero-order valence-electron chi connectivity index (χ0n) is 33.6. The standard InChI is InChI=1S/C52H48N4.C2H2/c1-37-16-13-14-25-48(37)51-38(2)50(45-22-11-6-12-23-45)55-52(56-51)46-33-31-42(32-34-46)39(3)54-49(47(36-53)24-15-19-40-17-7-4-8-18-40)35-28-41-26-29-44(30-27-41)43-20-9-5-10-21-43;1-2/h5-7,9-18,20-27,29-36H,4,8,19,28,53H2,1-3H3;1-2H/b24-15-,47-36+,49-35-,54-39?;. The highest BCUT2D eigenvalue weighted by Crippen LogP contribution is 2.33. The van der Waals surface area contributed by atoms with Gasteiger partial charge in [0.05, 0.1) is 17.1 Å². The molecule has 0 saturated heterocycles. The van der Waals surface area contributed by atoms with Crippen LogP contribution in [0.3, 0.4) is 0 Å². The number of aromatic nitrogens is 2. The molecule has 4 nitrogen and oxygen atoms in total. The first kappa shape index (κ1) is 40.6. The Morgan fingerprint density at radius 3 is 1.97 bits per heavy atom. The van der Waals surface area contributed by atoms with E-state index in [1.54, 1.807) is 6.20 Å². The van der Waals surface area contributed by atoms with Crippen molar-refractivity contribution < 1.29 is 0 Å². The van der Waals surface area contributed by atoms with Gasteiger partial charge >= 0.3 is 0 Å². The van der Waals surface area contributed by atoms with Crippen LogP contribution in [0.25, 0.3) is 45.0 Å². The zero-order chi connectivity index (χ0) is 40.7. The van der Waals surface area contributed by atoms with Crippen LogP contribution in [0.1, 0.15) is 48.4 Å². The molecule has 7 rings (SSSR count). The van der Waals surface area contributed by atoms with Crippen molar-refractivity contribution in [2.24, 2.45) is 10.7 Å². The van der Waals surface area contributed by atoms with Crippen LogP contribution in [-0.4, -0.2) is 15.7 Å². The highest BCUT2D eigenvalue weighted by molar-refractivity contribution is 6.00. The molecule has 0 saturated carbocycles. The van der Waals surface area contributed by atoms with Gasteiger partial charge in [-0.05, 0) is 79.8 Å². The van der Waals surface area contributed by atoms with Gasteiger partial charge in [0.2, 0.25) is 0 Å². The van der Waals surface area contributed by atoms with E-state index >= 15 is 0 Å². The van der Waals surface area contributed by atoms with E-state index in [-0.39, 0.29) is 0 Å². The van der Waals surface area contributed by atoms with Gasteiger partial charge in [-0.2, -0.15) is 0 Å². The monoisotopic (exact) mass is 754 g/mol. The molecule has 5 aromatic carbocycles. The minimum absolute atomic E-state index is 0.689. The molecule has 1 aliphatic carbocycles. The van der Waals surface area contributed by atoms with Crippen molar-refractivity contribution in [1.29, 1.82) is 0 Å². The molecular weight excluding hydrogens is 705 g/mol. The Hall–Kier alpha value is -7.09. The first-order valence-corrected chi connectivity index (χ1v) is 19.7. The Morgan fingerprint density at radius 2 is 1.31 bits per heavy atom. The molecule has 286 valence electrons. The van der Waals surface area contributed by atoms with Crippen molar-refractivity contribution in [3.05, 3.63) is 215 Å². The molecule has 2 N–H and O–H groups in total. The number of hydrogen-bond donors (Lipinski definition) is 1. The fourth-order valence-corrected chi connectivity index (χ4v) is 7.00. The molecule has 0 fully saturated rings. The summed E-state index contributed by atoms with van der Waals surface area (Å²) in [5, 5.41) is 0. The maximum atomic E-state index is 6.31. The highest BCUT2D eigenvalue weighted by atomic mass is 14.9. The molecule has 6 aromatic rings. The third-order valence-electron chi connectivity index (χ3n) is 10.2. The van der Waals surface area contributed by atoms with E-state index in [9.17, 15) is 0 Å². The predicted octanol–water partition coefficient (Wildman–Crippen LogP) is 13.0. The largest absolute Gasteiger partial charge is 0.404 e. The average molecular weight is 755 g/mol. The van der Waals surface area contributed by atoms with E-state index in [1.807, 2.05) is 12.1 Å². The van der Waals surface area contributed by atoms with Crippen molar-refractivity contribution in [3.63, 3.8) is 0 Å². The number of aliphatic imine (C=N–C) groups is 1. The lowest BCUT2D eigenvalue weighted by Gasteiger charge is -2.15. The molecule has 0 radical (unpaired) electrons. The van der Waals surface area contributed by atoms with Crippen LogP contribution in [0.15, 0.2) is 198 Å². The number of rotatable bonds is 12. The third-order valence-corrected chi connectivity index (χ3v) is 10.2. The summed E-state index contributed by atoms with van der Waals surface area (Å²) in [7, 11) is 0. The van der Waals surface area contributed by atoms with Gasteiger partial charge in [-0.15, -0.1) is 12.8 Å². The summed E-state index contributed by atoms with van der Waals surface area (Å²) in [6.45, 7) is 6.30. The first-order valence-electron chi connectivity index (χ1n) is 19.7. The van der Waals surface area contributed by atoms with Crippen LogP contribution in [-0.2, 0) is 6.42 Å². The summed E-state index contributed by atoms with van der Waals surface area (Å²) in [6, 6.07) is 46.4. The number of nitrogens with two attached hydrogens (primary N) is 1. The van der Waals surface area contributed by atoms with Crippen LogP contribution in [0.2, 0.25) is 0 Å². The number of aryl methyl sites for hydroxylation is 1. The summed E-state index contributed by atoms with van der Waals surface area (Å²) in [6.07, 6.45) is 26.7. The lowest BCUT2D eigenvalue weighted by Crippen LogP contribution is -2.02. The summed E-state index contributed by atoms with van der Waals surface area (Å²) in [5.74, 6) is 0.689. The van der Waals surface area contributed by atoms with Gasteiger partial charge in [0, 0.05) is 39.7 Å². The van der Waals surface area contributed by atoms with Crippen LogP contribution < -0.4 is 5.73 Å². The van der Waals surface area contributed by atoms with Gasteiger partial charge in [-0.1, -0.05) is 170 Å². The topological polar surface area (TPSA) is 64.2 Å². The van der Waals surface area contributed by atoms with Crippen molar-refractivity contribution in [1.82, 2.24) is 9.97 Å². The minimum Gasteiger partial charge on any atom is -0.404 e. The van der Waals surface area contributed by atoms with E-state index in [2.05, 4.69) is 191 Å². The second kappa shape index (κ2) is 20.2. The van der Waals surface area contributed by atoms with Crippen molar-refractivity contribution >= 4 is 5.71 Å². The lowest BCUT2D eigenvalue weighted by atomic mass is 9.98. The molecule has 1 aliphatic rings. The van der Waals surface area contributed by atoms with E-state index in [0.29, 0.717) is 5.82 Å². The molecule has 1 aromatic heterocycles. The maximum Gasteiger partial charge on any atom is 0.160 e. The second-order valence-corrected chi connectivity index (χ2v) is 14.2. The summed E-state index contributed by atoms with van der Waals surface area (Å²) < 4.78 is 0. The molecule has 0 bridgehead atoms. The van der Waals surface area contributed by atoms with E-state index in [4.69, 9.17) is 20.7 Å². The Morgan fingerprint density at radius 1 is 0.690 bits per heavy atom. The normalized spacial score (nSPS) is 13.2. The fourth-order valence-electron chi connectivity index (χ4n) is 7.00. The van der Waals surface area contributed by atoms with Crippen molar-refractivity contribution in [3.8, 4) is 57.9 Å². The van der Waals surface area contributed by atoms with E-state index in [1.165, 1.54) is 27.8 Å². The molecule has 0 atom stereocenters. The van der Waals surface area contributed by atoms with Gasteiger partial charge in [0.1, 0.15) is 0 Å². The summed E-state index contributed by atoms with van der Waals surface area (Å²) >= 11 is 0. The predicted molar refractivity (Wildman–Crippen MR) is 246 cm³/mol. The SMILES string of the molecule is C#C.CC(=NC(=C\Cc1ccc(-c2ccccc2)cc1)/C(/C=C\CC1=CCCC=C1)=C/N)c1ccc(-c2nc(-c3ccccc3)c(C)c(-c3ccccc3C)n2)cc1. The lowest BCUT2D eigenvalue weighted by molar-refractivity contribution is 1.00. The Labute approximate surface area is 344 Å². The van der Waals surface area contributed by atoms with E-state index in [0.717, 1.165) is 81.9 Å². The van der Waals surface area contributed by atoms with Crippen LogP contribution in [0, 0.1) is 26.7 Å². The maximum absolute atomic E-state index is 6.31. The second-order valence-electron chi connectivity index (χ2n) is 14.2. The molecule has 58 heavy (non-hydrogen) atoms. The van der Waals surface area contributed by atoms with Gasteiger partial charge < -0.3 is 5.73 Å². The van der Waals surface area contributed by atoms with Gasteiger partial charge in [0.25, 0.3) is 0 Å². The minimum atomic E-state index is 0.689. The molecular formula is C54H50N4. The number of nitrogens with zero attached hydrogens (tertiary/aromatic N) is 3. The molecule has 0 unspecified atom stereocenters. The van der Waals surface area contributed by atoms with Gasteiger partial charge in [0.15, 0.2) is 5.82 Å². The van der Waals surface area contributed by atoms with Gasteiger partial charge in [-0.3, -0.25) is 4.99 Å². The highest BCUT2D eigenvalue weighted by Gasteiger charge is 2.17. The first-order chi connectivity index (χ1) is 28.5. The molecule has 1 heterocycles. The smallest absolute Gasteiger partial charge is 0.160 e. The van der Waals surface area contributed by atoms with Crippen LogP contribution in [0.5, 0.6) is 0 Å². The van der Waals surface area contributed by atoms with E-state index < -0.39 is 0 Å². The number of allylic oxidation sites excluding steroid dienone is 7. The number of hydrogen-bond acceptors (Lipinski definition) is 4. The van der Waals surface area contributed by atoms with Crippen LogP contribution >= 0.6 is 0 Å². The molecule has 0 aliphatic heterocycles. The molecule has 4 heteroatoms. The van der Waals surface area contributed by atoms with Crippen molar-refractivity contribution in [2.45, 2.75) is 46.5 Å². The van der Waals surface area contributed by atoms with Gasteiger partial charge in [-0.25, -0.2) is 9.97 Å². The zero-order valence-corrected chi connectivity index (χ0v) is 33.6. The fraction of sp³-hybridized carbons (Fsp3) is 0.130. The molecule has 0 spiro atoms.